The van der Waals surface area contributed by atoms with Gasteiger partial charge in [0.05, 0.1) is 0 Å². The van der Waals surface area contributed by atoms with Gasteiger partial charge in [-0.05, 0) is 49.4 Å². The maximum atomic E-state index is 12.8. The topological polar surface area (TPSA) is 32.3 Å². The first-order valence-corrected chi connectivity index (χ1v) is 7.97. The van der Waals surface area contributed by atoms with Crippen molar-refractivity contribution in [3.05, 3.63) is 35.4 Å². The molecule has 1 aliphatic heterocycles. The molecular weight excluding hydrogens is 260 g/mol. The molecule has 3 heteroatoms. The molecule has 116 valence electrons. The number of rotatable bonds is 3. The van der Waals surface area contributed by atoms with Gasteiger partial charge in [-0.1, -0.05) is 39.0 Å². The molecule has 1 saturated heterocycles. The summed E-state index contributed by atoms with van der Waals surface area (Å²) in [6.07, 6.45) is 2.20. The predicted molar refractivity (Wildman–Crippen MR) is 87.7 cm³/mol. The molecule has 3 nitrogen and oxygen atoms in total. The number of hydrogen-bond acceptors (Lipinski definition) is 2. The highest BCUT2D eigenvalue weighted by Crippen LogP contribution is 2.27. The fourth-order valence-corrected chi connectivity index (χ4v) is 3.12. The van der Waals surface area contributed by atoms with E-state index >= 15 is 0 Å². The van der Waals surface area contributed by atoms with Crippen LogP contribution in [0.2, 0.25) is 0 Å². The lowest BCUT2D eigenvalue weighted by Crippen LogP contribution is -2.41. The van der Waals surface area contributed by atoms with Crippen molar-refractivity contribution in [1.29, 1.82) is 0 Å². The molecule has 1 fully saturated rings. The summed E-state index contributed by atoms with van der Waals surface area (Å²) < 4.78 is 0. The van der Waals surface area contributed by atoms with E-state index in [1.165, 1.54) is 0 Å². The van der Waals surface area contributed by atoms with Crippen LogP contribution in [-0.4, -0.2) is 37.5 Å². The third-order valence-corrected chi connectivity index (χ3v) is 4.36. The Morgan fingerprint density at radius 1 is 1.24 bits per heavy atom. The maximum absolute atomic E-state index is 12.8. The minimum absolute atomic E-state index is 0.00327. The molecule has 0 bridgehead atoms. The monoisotopic (exact) mass is 288 g/mol. The van der Waals surface area contributed by atoms with Gasteiger partial charge in [0.15, 0.2) is 0 Å². The van der Waals surface area contributed by atoms with Crippen LogP contribution < -0.4 is 5.32 Å². The van der Waals surface area contributed by atoms with Gasteiger partial charge in [-0.15, -0.1) is 0 Å². The van der Waals surface area contributed by atoms with Crippen LogP contribution in [0.3, 0.4) is 0 Å². The van der Waals surface area contributed by atoms with Crippen molar-refractivity contribution < 1.29 is 4.79 Å². The van der Waals surface area contributed by atoms with Crippen LogP contribution in [0.25, 0.3) is 0 Å². The van der Waals surface area contributed by atoms with E-state index in [-0.39, 0.29) is 11.3 Å². The second kappa shape index (κ2) is 6.61. The average molecular weight is 288 g/mol. The fourth-order valence-electron chi connectivity index (χ4n) is 3.12. The number of nitrogens with zero attached hydrogens (tertiary/aromatic N) is 1. The van der Waals surface area contributed by atoms with Crippen molar-refractivity contribution in [3.63, 3.8) is 0 Å². The highest BCUT2D eigenvalue weighted by atomic mass is 16.2. The zero-order chi connectivity index (χ0) is 15.5. The normalized spacial score (nSPS) is 17.0. The largest absolute Gasteiger partial charge is 0.339 e. The summed E-state index contributed by atoms with van der Waals surface area (Å²) in [5.41, 5.74) is 2.01. The van der Waals surface area contributed by atoms with Gasteiger partial charge in [0, 0.05) is 18.7 Å². The Morgan fingerprint density at radius 3 is 2.43 bits per heavy atom. The molecule has 0 atom stereocenters. The molecule has 2 rings (SSSR count). The molecule has 0 unspecified atom stereocenters. The summed E-state index contributed by atoms with van der Waals surface area (Å²) in [4.78, 5) is 14.9. The molecule has 0 saturated carbocycles. The number of carbonyl (C=O) groups is 1. The molecule has 0 radical (unpaired) electrons. The van der Waals surface area contributed by atoms with E-state index in [1.54, 1.807) is 0 Å². The zero-order valence-electron chi connectivity index (χ0n) is 13.8. The predicted octanol–water partition coefficient (Wildman–Crippen LogP) is 3.06. The molecule has 1 aromatic carbocycles. The highest BCUT2D eigenvalue weighted by molar-refractivity contribution is 5.96. The van der Waals surface area contributed by atoms with E-state index in [9.17, 15) is 4.79 Å². The zero-order valence-corrected chi connectivity index (χ0v) is 13.8. The summed E-state index contributed by atoms with van der Waals surface area (Å²) in [5, 5.41) is 3.24. The van der Waals surface area contributed by atoms with E-state index < -0.39 is 0 Å². The molecule has 1 aliphatic rings. The van der Waals surface area contributed by atoms with Gasteiger partial charge in [-0.25, -0.2) is 0 Å². The van der Waals surface area contributed by atoms with Crippen LogP contribution in [0, 0.1) is 5.92 Å². The van der Waals surface area contributed by atoms with Gasteiger partial charge in [0.25, 0.3) is 5.91 Å². The Morgan fingerprint density at radius 2 is 1.86 bits per heavy atom. The lowest BCUT2D eigenvalue weighted by molar-refractivity contribution is 0.0688. The molecule has 0 spiro atoms. The first kappa shape index (κ1) is 16.0. The van der Waals surface area contributed by atoms with Crippen molar-refractivity contribution in [1.82, 2.24) is 10.2 Å². The third kappa shape index (κ3) is 3.85. The number of benzene rings is 1. The second-order valence-electron chi connectivity index (χ2n) is 7.09. The number of carbonyl (C=O) groups excluding carboxylic acids is 1. The van der Waals surface area contributed by atoms with E-state index in [0.29, 0.717) is 5.92 Å². The van der Waals surface area contributed by atoms with Crippen LogP contribution in [0.4, 0.5) is 0 Å². The smallest absolute Gasteiger partial charge is 0.254 e. The summed E-state index contributed by atoms with van der Waals surface area (Å²) in [6, 6.07) is 8.05. The number of amides is 1. The van der Waals surface area contributed by atoms with Crippen LogP contribution in [0.15, 0.2) is 24.3 Å². The summed E-state index contributed by atoms with van der Waals surface area (Å²) in [7, 11) is 2.00. The standard InChI is InChI=1S/C18H28N2O/c1-18(2,3)16-8-6-5-7-15(16)17(21)20-11-9-14(10-12-20)13-19-4/h5-8,14,19H,9-13H2,1-4H3. The quantitative estimate of drug-likeness (QED) is 0.927. The van der Waals surface area contributed by atoms with Gasteiger partial charge < -0.3 is 10.2 Å². The van der Waals surface area contributed by atoms with Crippen molar-refractivity contribution in [3.8, 4) is 0 Å². The van der Waals surface area contributed by atoms with Gasteiger partial charge in [-0.3, -0.25) is 4.79 Å². The lowest BCUT2D eigenvalue weighted by Gasteiger charge is -2.33. The molecule has 1 amide bonds. The number of nitrogens with one attached hydrogen (secondary N) is 1. The van der Waals surface area contributed by atoms with Crippen LogP contribution in [0.1, 0.15) is 49.5 Å². The first-order valence-electron chi connectivity index (χ1n) is 7.97. The van der Waals surface area contributed by atoms with E-state index in [4.69, 9.17) is 0 Å². The van der Waals surface area contributed by atoms with Gasteiger partial charge in [0.1, 0.15) is 0 Å². The van der Waals surface area contributed by atoms with Crippen LogP contribution in [0.5, 0.6) is 0 Å². The van der Waals surface area contributed by atoms with Gasteiger partial charge in [0.2, 0.25) is 0 Å². The summed E-state index contributed by atoms with van der Waals surface area (Å²) in [6.45, 7) is 9.31. The van der Waals surface area contributed by atoms with Gasteiger partial charge in [-0.2, -0.15) is 0 Å². The molecule has 0 aliphatic carbocycles. The average Bonchev–Trinajstić information content (AvgIpc) is 2.47. The second-order valence-corrected chi connectivity index (χ2v) is 7.09. The highest BCUT2D eigenvalue weighted by Gasteiger charge is 2.27. The Bertz CT molecular complexity index is 482. The van der Waals surface area contributed by atoms with E-state index in [0.717, 1.165) is 43.6 Å². The van der Waals surface area contributed by atoms with Crippen molar-refractivity contribution in [2.45, 2.75) is 39.0 Å². The molecule has 21 heavy (non-hydrogen) atoms. The minimum Gasteiger partial charge on any atom is -0.339 e. The van der Waals surface area contributed by atoms with Crippen LogP contribution >= 0.6 is 0 Å². The van der Waals surface area contributed by atoms with E-state index in [2.05, 4.69) is 32.2 Å². The SMILES string of the molecule is CNCC1CCN(C(=O)c2ccccc2C(C)(C)C)CC1. The minimum atomic E-state index is -0.00327. The Hall–Kier alpha value is -1.35. The first-order chi connectivity index (χ1) is 9.93. The summed E-state index contributed by atoms with van der Waals surface area (Å²) in [5.74, 6) is 0.903. The molecule has 0 aromatic heterocycles. The van der Waals surface area contributed by atoms with E-state index in [1.807, 2.05) is 30.1 Å². The molecule has 1 N–H and O–H groups in total. The molecule has 1 heterocycles. The third-order valence-electron chi connectivity index (χ3n) is 4.36. The number of hydrogen-bond donors (Lipinski definition) is 1. The Labute approximate surface area is 128 Å². The van der Waals surface area contributed by atoms with Gasteiger partial charge >= 0.3 is 0 Å². The Balaban J connectivity index is 2.12. The van der Waals surface area contributed by atoms with Crippen LogP contribution in [-0.2, 0) is 5.41 Å². The lowest BCUT2D eigenvalue weighted by atomic mass is 9.83. The van der Waals surface area contributed by atoms with Crippen molar-refractivity contribution in [2.24, 2.45) is 5.92 Å². The van der Waals surface area contributed by atoms with Crippen molar-refractivity contribution in [2.75, 3.05) is 26.7 Å². The molecular formula is C18H28N2O. The molecule has 1 aromatic rings. The fraction of sp³-hybridized carbons (Fsp3) is 0.611. The maximum Gasteiger partial charge on any atom is 0.254 e. The number of likely N-dealkylation sites (tertiary alicyclic amines) is 1. The van der Waals surface area contributed by atoms with Crippen molar-refractivity contribution >= 4 is 5.91 Å². The summed E-state index contributed by atoms with van der Waals surface area (Å²) >= 11 is 0. The Kier molecular flexibility index (Phi) is 5.04. The number of piperidine rings is 1.